The first-order valence-electron chi connectivity index (χ1n) is 5.25. The molecule has 92 valence electrons. The normalized spacial score (nSPS) is 13.1. The highest BCUT2D eigenvalue weighted by Gasteiger charge is 2.08. The maximum atomic E-state index is 11.4. The Morgan fingerprint density at radius 3 is 3.06 bits per heavy atom. The molecule has 2 heterocycles. The SMILES string of the molecule is O=c1[nH]cnc2c(CNC[C@@H](O)CO)c[nH]c12. The molecule has 7 heteroatoms. The molecule has 0 spiro atoms. The van der Waals surface area contributed by atoms with E-state index >= 15 is 0 Å². The third kappa shape index (κ3) is 2.52. The number of hydrogen-bond donors (Lipinski definition) is 5. The van der Waals surface area contributed by atoms with Gasteiger partial charge >= 0.3 is 0 Å². The van der Waals surface area contributed by atoms with E-state index in [-0.39, 0.29) is 18.7 Å². The van der Waals surface area contributed by atoms with Crippen molar-refractivity contribution >= 4 is 11.0 Å². The lowest BCUT2D eigenvalue weighted by atomic mass is 10.2. The van der Waals surface area contributed by atoms with Gasteiger partial charge in [0.2, 0.25) is 0 Å². The molecule has 0 bridgehead atoms. The Balaban J connectivity index is 2.09. The molecule has 0 radical (unpaired) electrons. The summed E-state index contributed by atoms with van der Waals surface area (Å²) in [6.45, 7) is 0.471. The minimum Gasteiger partial charge on any atom is -0.394 e. The summed E-state index contributed by atoms with van der Waals surface area (Å²) in [6, 6.07) is 0. The van der Waals surface area contributed by atoms with Crippen molar-refractivity contribution < 1.29 is 10.2 Å². The second-order valence-corrected chi connectivity index (χ2v) is 3.74. The molecule has 0 aromatic carbocycles. The minimum atomic E-state index is -0.781. The lowest BCUT2D eigenvalue weighted by molar-refractivity contribution is 0.0942. The van der Waals surface area contributed by atoms with Crippen molar-refractivity contribution in [3.63, 3.8) is 0 Å². The molecule has 2 aromatic rings. The lowest BCUT2D eigenvalue weighted by Gasteiger charge is -2.07. The van der Waals surface area contributed by atoms with Gasteiger partial charge in [-0.2, -0.15) is 0 Å². The number of aliphatic hydroxyl groups excluding tert-OH is 2. The van der Waals surface area contributed by atoms with E-state index in [0.717, 1.165) is 5.56 Å². The summed E-state index contributed by atoms with van der Waals surface area (Å²) in [7, 11) is 0. The van der Waals surface area contributed by atoms with Crippen LogP contribution < -0.4 is 10.9 Å². The largest absolute Gasteiger partial charge is 0.394 e. The number of hydrogen-bond acceptors (Lipinski definition) is 5. The molecule has 17 heavy (non-hydrogen) atoms. The number of rotatable bonds is 5. The van der Waals surface area contributed by atoms with Gasteiger partial charge in [0.25, 0.3) is 5.56 Å². The quantitative estimate of drug-likeness (QED) is 0.444. The first-order valence-corrected chi connectivity index (χ1v) is 5.25. The van der Waals surface area contributed by atoms with Gasteiger partial charge in [-0.1, -0.05) is 0 Å². The summed E-state index contributed by atoms with van der Waals surface area (Å²) >= 11 is 0. The molecule has 5 N–H and O–H groups in total. The zero-order chi connectivity index (χ0) is 12.3. The van der Waals surface area contributed by atoms with Crippen molar-refractivity contribution in [2.75, 3.05) is 13.2 Å². The maximum Gasteiger partial charge on any atom is 0.275 e. The average Bonchev–Trinajstić information content (AvgIpc) is 2.74. The molecule has 0 aliphatic rings. The van der Waals surface area contributed by atoms with E-state index in [4.69, 9.17) is 10.2 Å². The number of aromatic amines is 2. The summed E-state index contributed by atoms with van der Waals surface area (Å²) in [5.74, 6) is 0. The maximum absolute atomic E-state index is 11.4. The molecule has 0 amide bonds. The highest BCUT2D eigenvalue weighted by atomic mass is 16.3. The number of nitrogens with zero attached hydrogens (tertiary/aromatic N) is 1. The molecule has 2 aromatic heterocycles. The molecule has 1 atom stereocenters. The highest BCUT2D eigenvalue weighted by Crippen LogP contribution is 2.10. The van der Waals surface area contributed by atoms with E-state index < -0.39 is 6.10 Å². The summed E-state index contributed by atoms with van der Waals surface area (Å²) in [5, 5.41) is 20.8. The smallest absolute Gasteiger partial charge is 0.275 e. The van der Waals surface area contributed by atoms with Crippen molar-refractivity contribution in [1.29, 1.82) is 0 Å². The average molecular weight is 238 g/mol. The fraction of sp³-hybridized carbons (Fsp3) is 0.400. The second-order valence-electron chi connectivity index (χ2n) is 3.74. The van der Waals surface area contributed by atoms with Crippen LogP contribution in [0.15, 0.2) is 17.3 Å². The van der Waals surface area contributed by atoms with E-state index in [0.29, 0.717) is 17.6 Å². The Morgan fingerprint density at radius 2 is 2.29 bits per heavy atom. The Hall–Kier alpha value is -1.70. The molecule has 0 fully saturated rings. The molecule has 0 saturated carbocycles. The van der Waals surface area contributed by atoms with E-state index in [1.54, 1.807) is 6.20 Å². The van der Waals surface area contributed by atoms with Gasteiger partial charge in [-0.3, -0.25) is 4.79 Å². The van der Waals surface area contributed by atoms with Crippen LogP contribution in [0.25, 0.3) is 11.0 Å². The third-order valence-electron chi connectivity index (χ3n) is 2.45. The Bertz CT molecular complexity index is 548. The van der Waals surface area contributed by atoms with Gasteiger partial charge in [-0.15, -0.1) is 0 Å². The van der Waals surface area contributed by atoms with Gasteiger partial charge < -0.3 is 25.5 Å². The fourth-order valence-corrected chi connectivity index (χ4v) is 1.58. The van der Waals surface area contributed by atoms with Gasteiger partial charge in [-0.25, -0.2) is 4.98 Å². The molecule has 0 unspecified atom stereocenters. The molecular formula is C10H14N4O3. The zero-order valence-electron chi connectivity index (χ0n) is 9.10. The van der Waals surface area contributed by atoms with Crippen LogP contribution in [0.3, 0.4) is 0 Å². The predicted molar refractivity (Wildman–Crippen MR) is 61.5 cm³/mol. The van der Waals surface area contributed by atoms with Crippen LogP contribution in [0.5, 0.6) is 0 Å². The fourth-order valence-electron chi connectivity index (χ4n) is 1.58. The number of aromatic nitrogens is 3. The molecule has 7 nitrogen and oxygen atoms in total. The number of H-pyrrole nitrogens is 2. The van der Waals surface area contributed by atoms with Crippen LogP contribution in [0.1, 0.15) is 5.56 Å². The van der Waals surface area contributed by atoms with Gasteiger partial charge in [0.1, 0.15) is 5.52 Å². The highest BCUT2D eigenvalue weighted by molar-refractivity contribution is 5.77. The van der Waals surface area contributed by atoms with E-state index in [9.17, 15) is 4.79 Å². The van der Waals surface area contributed by atoms with Gasteiger partial charge in [0, 0.05) is 24.8 Å². The van der Waals surface area contributed by atoms with E-state index in [1.165, 1.54) is 6.33 Å². The van der Waals surface area contributed by atoms with Crippen LogP contribution in [0.4, 0.5) is 0 Å². The Kier molecular flexibility index (Phi) is 3.52. The summed E-state index contributed by atoms with van der Waals surface area (Å²) in [5.41, 5.74) is 1.68. The van der Waals surface area contributed by atoms with Crippen molar-refractivity contribution in [2.24, 2.45) is 0 Å². The molecule has 0 aliphatic carbocycles. The summed E-state index contributed by atoms with van der Waals surface area (Å²) in [4.78, 5) is 20.8. The van der Waals surface area contributed by atoms with Crippen LogP contribution in [0, 0.1) is 0 Å². The minimum absolute atomic E-state index is 0.211. The van der Waals surface area contributed by atoms with Crippen LogP contribution in [-0.2, 0) is 6.54 Å². The molecule has 0 saturated heterocycles. The Labute approximate surface area is 96.5 Å². The molecular weight excluding hydrogens is 224 g/mol. The first kappa shape index (κ1) is 11.8. The third-order valence-corrected chi connectivity index (χ3v) is 2.45. The second kappa shape index (κ2) is 5.09. The van der Waals surface area contributed by atoms with Crippen molar-refractivity contribution in [1.82, 2.24) is 20.3 Å². The van der Waals surface area contributed by atoms with Crippen molar-refractivity contribution in [3.8, 4) is 0 Å². The number of aliphatic hydroxyl groups is 2. The summed E-state index contributed by atoms with van der Waals surface area (Å²) in [6.07, 6.45) is 2.27. The van der Waals surface area contributed by atoms with Crippen LogP contribution >= 0.6 is 0 Å². The number of fused-ring (bicyclic) bond motifs is 1. The predicted octanol–water partition coefficient (Wildman–Crippen LogP) is -1.31. The van der Waals surface area contributed by atoms with Gasteiger partial charge in [-0.05, 0) is 0 Å². The van der Waals surface area contributed by atoms with E-state index in [1.807, 2.05) is 0 Å². The number of nitrogens with one attached hydrogen (secondary N) is 3. The standard InChI is InChI=1S/C10H14N4O3/c15-4-7(16)3-11-1-6-2-12-9-8(6)13-5-14-10(9)17/h2,5,7,11-12,15-16H,1,3-4H2,(H,13,14,17)/t7-/m1/s1. The summed E-state index contributed by atoms with van der Waals surface area (Å²) < 4.78 is 0. The van der Waals surface area contributed by atoms with Crippen molar-refractivity contribution in [3.05, 3.63) is 28.4 Å². The monoisotopic (exact) mass is 238 g/mol. The topological polar surface area (TPSA) is 114 Å². The Morgan fingerprint density at radius 1 is 1.47 bits per heavy atom. The van der Waals surface area contributed by atoms with Gasteiger partial charge in [0.15, 0.2) is 0 Å². The van der Waals surface area contributed by atoms with Gasteiger partial charge in [0.05, 0.1) is 24.6 Å². The lowest BCUT2D eigenvalue weighted by Crippen LogP contribution is -2.28. The van der Waals surface area contributed by atoms with E-state index in [2.05, 4.69) is 20.3 Å². The van der Waals surface area contributed by atoms with Crippen LogP contribution in [0.2, 0.25) is 0 Å². The zero-order valence-corrected chi connectivity index (χ0v) is 9.10. The molecule has 2 rings (SSSR count). The first-order chi connectivity index (χ1) is 8.22. The molecule has 0 aliphatic heterocycles. The van der Waals surface area contributed by atoms with Crippen molar-refractivity contribution in [2.45, 2.75) is 12.6 Å². The van der Waals surface area contributed by atoms with Crippen LogP contribution in [-0.4, -0.2) is 44.4 Å².